The summed E-state index contributed by atoms with van der Waals surface area (Å²) in [6, 6.07) is -2.51. The molecule has 1 aliphatic rings. The molecule has 1 saturated heterocycles. The maximum Gasteiger partial charge on any atom is 0.303 e. The van der Waals surface area contributed by atoms with Crippen LogP contribution in [0.1, 0.15) is 201 Å². The van der Waals surface area contributed by atoms with Crippen LogP contribution in [0.5, 0.6) is 0 Å². The molecule has 1 rings (SSSR count). The average molecular weight is 828 g/mol. The highest BCUT2D eigenvalue weighted by atomic mass is 16.7. The van der Waals surface area contributed by atoms with Gasteiger partial charge in [-0.15, -0.1) is 0 Å². The van der Waals surface area contributed by atoms with Crippen molar-refractivity contribution in [2.75, 3.05) is 13.7 Å². The molecule has 340 valence electrons. The van der Waals surface area contributed by atoms with Crippen molar-refractivity contribution in [2.45, 2.75) is 243 Å². The Hall–Kier alpha value is -2.32. The number of amides is 3. The number of hydrogen-bond acceptors (Lipinski definition) is 9. The number of carbonyl (C=O) groups is 4. The van der Waals surface area contributed by atoms with Crippen LogP contribution in [0.4, 0.5) is 0 Å². The first kappa shape index (κ1) is 53.7. The topological polar surface area (TPSA) is 204 Å². The van der Waals surface area contributed by atoms with Gasteiger partial charge in [0.1, 0.15) is 30.4 Å². The van der Waals surface area contributed by atoms with E-state index in [1.165, 1.54) is 130 Å². The predicted molar refractivity (Wildman–Crippen MR) is 228 cm³/mol. The summed E-state index contributed by atoms with van der Waals surface area (Å²) in [5, 5.41) is 48.1. The minimum atomic E-state index is -1.62. The fourth-order valence-corrected chi connectivity index (χ4v) is 7.67. The highest BCUT2D eigenvalue weighted by Gasteiger charge is 2.43. The molecule has 1 fully saturated rings. The van der Waals surface area contributed by atoms with Crippen LogP contribution in [-0.2, 0) is 28.7 Å². The summed E-state index contributed by atoms with van der Waals surface area (Å²) in [6.07, 6.45) is 23.1. The average Bonchev–Trinajstić information content (AvgIpc) is 3.21. The van der Waals surface area contributed by atoms with Crippen LogP contribution in [0.2, 0.25) is 0 Å². The molecule has 0 aromatic heterocycles. The van der Waals surface area contributed by atoms with E-state index in [-0.39, 0.29) is 24.7 Å². The summed E-state index contributed by atoms with van der Waals surface area (Å²) in [4.78, 5) is 51.7. The van der Waals surface area contributed by atoms with Gasteiger partial charge in [0.05, 0.1) is 12.7 Å². The summed E-state index contributed by atoms with van der Waals surface area (Å²) in [6.45, 7) is 5.51. The monoisotopic (exact) mass is 828 g/mol. The molecule has 7 N–H and O–H groups in total. The molecule has 7 atom stereocenters. The Kier molecular flexibility index (Phi) is 31.8. The molecular weight excluding hydrogens is 743 g/mol. The van der Waals surface area contributed by atoms with E-state index in [9.17, 15) is 39.6 Å². The number of ether oxygens (including phenoxy) is 2. The third kappa shape index (κ3) is 24.7. The fraction of sp³-hybridized carbons (Fsp3) is 0.911. The first-order chi connectivity index (χ1) is 28.0. The number of carboxylic acids is 1. The van der Waals surface area contributed by atoms with E-state index in [2.05, 4.69) is 29.8 Å². The Morgan fingerprint density at radius 1 is 0.552 bits per heavy atom. The largest absolute Gasteiger partial charge is 0.481 e. The number of aliphatic carboxylic acids is 1. The van der Waals surface area contributed by atoms with Crippen molar-refractivity contribution in [3.8, 4) is 0 Å². The molecule has 13 heteroatoms. The molecule has 0 unspecified atom stereocenters. The number of unbranched alkanes of at least 4 members (excludes halogenated alkanes) is 22. The Morgan fingerprint density at radius 3 is 1.38 bits per heavy atom. The molecule has 0 aliphatic carbocycles. The fourth-order valence-electron chi connectivity index (χ4n) is 7.67. The van der Waals surface area contributed by atoms with Gasteiger partial charge in [-0.2, -0.15) is 0 Å². The molecule has 1 aliphatic heterocycles. The quantitative estimate of drug-likeness (QED) is 0.0314. The molecule has 0 saturated carbocycles. The van der Waals surface area contributed by atoms with Crippen LogP contribution in [0, 0.1) is 5.92 Å². The SMILES string of the molecule is CCCCCCCCCCCCCCC(CCCCCCCCCCCCCC)C(=O)N[C@@H](CO[C@H]1O[C@@H](C)[C@@H](O)[C@H](O)[C@@H]1O)C(=O)N[C@H](CCC(=O)O)C(=O)NC. The third-order valence-electron chi connectivity index (χ3n) is 11.6. The number of likely N-dealkylation sites (N-methyl/N-ethyl adjacent to an activating group) is 1. The van der Waals surface area contributed by atoms with E-state index in [4.69, 9.17) is 9.47 Å². The summed E-state index contributed by atoms with van der Waals surface area (Å²) in [7, 11) is 1.38. The first-order valence-corrected chi connectivity index (χ1v) is 23.3. The van der Waals surface area contributed by atoms with Crippen molar-refractivity contribution in [3.63, 3.8) is 0 Å². The van der Waals surface area contributed by atoms with Crippen molar-refractivity contribution in [1.82, 2.24) is 16.0 Å². The molecule has 0 spiro atoms. The van der Waals surface area contributed by atoms with Crippen LogP contribution in [0.25, 0.3) is 0 Å². The lowest BCUT2D eigenvalue weighted by Crippen LogP contribution is -2.59. The van der Waals surface area contributed by atoms with Gasteiger partial charge >= 0.3 is 5.97 Å². The van der Waals surface area contributed by atoms with Crippen molar-refractivity contribution in [2.24, 2.45) is 5.92 Å². The molecule has 13 nitrogen and oxygen atoms in total. The highest BCUT2D eigenvalue weighted by molar-refractivity contribution is 5.92. The third-order valence-corrected chi connectivity index (χ3v) is 11.6. The van der Waals surface area contributed by atoms with E-state index in [0.29, 0.717) is 12.8 Å². The molecule has 58 heavy (non-hydrogen) atoms. The normalized spacial score (nSPS) is 20.4. The zero-order valence-electron chi connectivity index (χ0n) is 36.9. The van der Waals surface area contributed by atoms with E-state index in [1.54, 1.807) is 0 Å². The van der Waals surface area contributed by atoms with Gasteiger partial charge in [0, 0.05) is 19.4 Å². The van der Waals surface area contributed by atoms with Gasteiger partial charge in [-0.05, 0) is 26.2 Å². The van der Waals surface area contributed by atoms with Crippen molar-refractivity contribution in [1.29, 1.82) is 0 Å². The van der Waals surface area contributed by atoms with Crippen LogP contribution >= 0.6 is 0 Å². The minimum Gasteiger partial charge on any atom is -0.481 e. The minimum absolute atomic E-state index is 0.172. The Balaban J connectivity index is 2.93. The van der Waals surface area contributed by atoms with E-state index < -0.39 is 67.2 Å². The molecule has 3 amide bonds. The maximum absolute atomic E-state index is 14.0. The van der Waals surface area contributed by atoms with Crippen molar-refractivity contribution in [3.05, 3.63) is 0 Å². The highest BCUT2D eigenvalue weighted by Crippen LogP contribution is 2.23. The number of nitrogens with one attached hydrogen (secondary N) is 3. The van der Waals surface area contributed by atoms with Crippen LogP contribution in [0.15, 0.2) is 0 Å². The Labute approximate surface area is 350 Å². The van der Waals surface area contributed by atoms with Crippen LogP contribution in [-0.4, -0.2) is 101 Å². The zero-order valence-corrected chi connectivity index (χ0v) is 36.9. The van der Waals surface area contributed by atoms with E-state index in [0.717, 1.165) is 38.5 Å². The lowest BCUT2D eigenvalue weighted by atomic mass is 9.92. The Bertz CT molecular complexity index is 1050. The van der Waals surface area contributed by atoms with E-state index >= 15 is 0 Å². The number of aliphatic hydroxyl groups excluding tert-OH is 3. The second-order valence-corrected chi connectivity index (χ2v) is 16.7. The number of rotatable bonds is 37. The van der Waals surface area contributed by atoms with Gasteiger partial charge in [-0.3, -0.25) is 19.2 Å². The summed E-state index contributed by atoms with van der Waals surface area (Å²) in [5.41, 5.74) is 0. The summed E-state index contributed by atoms with van der Waals surface area (Å²) < 4.78 is 11.3. The Morgan fingerprint density at radius 2 is 0.966 bits per heavy atom. The molecule has 0 aromatic carbocycles. The van der Waals surface area contributed by atoms with Crippen molar-refractivity contribution < 1.29 is 49.1 Å². The zero-order chi connectivity index (χ0) is 43.0. The van der Waals surface area contributed by atoms with Crippen molar-refractivity contribution >= 4 is 23.7 Å². The van der Waals surface area contributed by atoms with Gasteiger partial charge in [0.25, 0.3) is 0 Å². The number of carbonyl (C=O) groups excluding carboxylic acids is 3. The number of hydrogen-bond donors (Lipinski definition) is 7. The lowest BCUT2D eigenvalue weighted by molar-refractivity contribution is -0.293. The van der Waals surface area contributed by atoms with Crippen LogP contribution < -0.4 is 16.0 Å². The maximum atomic E-state index is 14.0. The number of carboxylic acid groups (broad SMARTS) is 1. The summed E-state index contributed by atoms with van der Waals surface area (Å²) >= 11 is 0. The first-order valence-electron chi connectivity index (χ1n) is 23.3. The molecule has 0 bridgehead atoms. The van der Waals surface area contributed by atoms with Gasteiger partial charge in [-0.25, -0.2) is 0 Å². The van der Waals surface area contributed by atoms with Gasteiger partial charge in [0.2, 0.25) is 17.7 Å². The van der Waals surface area contributed by atoms with Gasteiger partial charge in [0.15, 0.2) is 6.29 Å². The molecule has 0 radical (unpaired) electrons. The summed E-state index contributed by atoms with van der Waals surface area (Å²) in [5.74, 6) is -3.15. The van der Waals surface area contributed by atoms with Gasteiger partial charge in [-0.1, -0.05) is 168 Å². The molecular formula is C45H85N3O10. The molecule has 1 heterocycles. The standard InChI is InChI=1S/C45H85N3O10/c1-5-7-9-11-13-15-17-19-21-23-25-27-29-35(30-28-26-24-22-20-18-16-14-12-10-8-6-2)42(54)48-37(33-57-45-41(53)40(52)39(51)34(3)58-45)44(56)47-36(43(55)46-4)31-32-38(49)50/h34-37,39-41,45,51-53H,5-33H2,1-4H3,(H,46,55)(H,47,56)(H,48,54)(H,49,50)/t34-,36+,37-,39+,40-,41-,45-/m0/s1. The lowest BCUT2D eigenvalue weighted by Gasteiger charge is -2.39. The second-order valence-electron chi connectivity index (χ2n) is 16.7. The predicted octanol–water partition coefficient (Wildman–Crippen LogP) is 7.21. The van der Waals surface area contributed by atoms with E-state index in [1.807, 2.05) is 0 Å². The van der Waals surface area contributed by atoms with Crippen LogP contribution in [0.3, 0.4) is 0 Å². The smallest absolute Gasteiger partial charge is 0.303 e. The second kappa shape index (κ2) is 34.4. The van der Waals surface area contributed by atoms with Gasteiger partial charge < -0.3 is 45.9 Å². The number of aliphatic hydroxyl groups is 3. The molecule has 0 aromatic rings.